The number of nitrogen functional groups attached to an aromatic ring is 2. The monoisotopic (exact) mass is 388 g/mol. The fourth-order valence-corrected chi connectivity index (χ4v) is 2.76. The Morgan fingerprint density at radius 2 is 2.04 bits per heavy atom. The van der Waals surface area contributed by atoms with Gasteiger partial charge in [0.05, 0.1) is 5.69 Å². The Balaban J connectivity index is 2.29. The number of aromatic nitrogens is 1. The minimum absolute atomic E-state index is 0.0269. The number of anilines is 3. The third-order valence-electron chi connectivity index (χ3n) is 3.86. The normalized spacial score (nSPS) is 14.9. The number of halogens is 3. The van der Waals surface area contributed by atoms with E-state index in [-0.39, 0.29) is 40.0 Å². The molecule has 0 spiro atoms. The van der Waals surface area contributed by atoms with Gasteiger partial charge in [-0.05, 0) is 6.07 Å². The van der Waals surface area contributed by atoms with Gasteiger partial charge >= 0.3 is 6.61 Å². The van der Waals surface area contributed by atoms with Crippen LogP contribution < -0.4 is 26.8 Å². The first-order valence-electron chi connectivity index (χ1n) is 7.59. The molecule has 1 unspecified atom stereocenters. The van der Waals surface area contributed by atoms with Crippen molar-refractivity contribution in [1.29, 1.82) is 10.5 Å². The Morgan fingerprint density at radius 1 is 1.29 bits per heavy atom. The van der Waals surface area contributed by atoms with Crippen molar-refractivity contribution in [2.45, 2.75) is 12.7 Å². The molecule has 0 saturated heterocycles. The van der Waals surface area contributed by atoms with E-state index in [0.29, 0.717) is 0 Å². The molecule has 12 heteroatoms. The van der Waals surface area contributed by atoms with Gasteiger partial charge in [0, 0.05) is 11.1 Å². The molecule has 0 aliphatic carbocycles. The molecule has 0 radical (unpaired) electrons. The van der Waals surface area contributed by atoms with Gasteiger partial charge in [0.1, 0.15) is 29.3 Å². The number of para-hydroxylation sites is 1. The molecule has 6 N–H and O–H groups in total. The minimum atomic E-state index is -3.30. The molecule has 2 heterocycles. The maximum absolute atomic E-state index is 14.2. The van der Waals surface area contributed by atoms with Crippen molar-refractivity contribution in [3.63, 3.8) is 0 Å². The summed E-state index contributed by atoms with van der Waals surface area (Å²) in [6.07, 6.45) is 1.64. The number of benzene rings is 1. The number of aliphatic imine (C=N–C) groups is 1. The van der Waals surface area contributed by atoms with Crippen LogP contribution in [0.15, 0.2) is 23.2 Å². The quantitative estimate of drug-likeness (QED) is 0.458. The first-order valence-corrected chi connectivity index (χ1v) is 7.59. The largest absolute Gasteiger partial charge is 0.431 e. The highest BCUT2D eigenvalue weighted by molar-refractivity contribution is 5.98. The first-order chi connectivity index (χ1) is 13.4. The number of hydrogen-bond acceptors (Lipinski definition) is 9. The lowest BCUT2D eigenvalue weighted by atomic mass is 9.94. The van der Waals surface area contributed by atoms with Crippen LogP contribution in [0.1, 0.15) is 22.7 Å². The third-order valence-corrected chi connectivity index (χ3v) is 3.86. The Bertz CT molecular complexity index is 1060. The lowest BCUT2D eigenvalue weighted by molar-refractivity contribution is -0.0529. The minimum Gasteiger partial charge on any atom is -0.431 e. The molecule has 0 amide bonds. The summed E-state index contributed by atoms with van der Waals surface area (Å²) < 4.78 is 44.1. The van der Waals surface area contributed by atoms with Crippen LogP contribution in [0.5, 0.6) is 5.75 Å². The van der Waals surface area contributed by atoms with Gasteiger partial charge in [-0.3, -0.25) is 5.32 Å². The number of rotatable bonds is 3. The zero-order chi connectivity index (χ0) is 20.4. The molecule has 3 rings (SSSR count). The molecule has 142 valence electrons. The highest BCUT2D eigenvalue weighted by Gasteiger charge is 2.32. The Morgan fingerprint density at radius 3 is 2.68 bits per heavy atom. The second-order valence-electron chi connectivity index (χ2n) is 5.44. The van der Waals surface area contributed by atoms with Crippen molar-refractivity contribution in [1.82, 2.24) is 10.3 Å². The molecule has 2 aromatic rings. The smallest absolute Gasteiger partial charge is 0.387 e. The van der Waals surface area contributed by atoms with Crippen LogP contribution in [-0.2, 0) is 0 Å². The number of fused-ring (bicyclic) bond motifs is 1. The fourth-order valence-electron chi connectivity index (χ4n) is 2.76. The molecule has 9 nitrogen and oxygen atoms in total. The Hall–Kier alpha value is -4.19. The number of ether oxygens (including phenoxy) is 1. The van der Waals surface area contributed by atoms with E-state index < -0.39 is 24.2 Å². The number of pyridine rings is 1. The predicted molar refractivity (Wildman–Crippen MR) is 92.5 cm³/mol. The third kappa shape index (κ3) is 3.14. The van der Waals surface area contributed by atoms with Crippen molar-refractivity contribution in [3.8, 4) is 18.0 Å². The van der Waals surface area contributed by atoms with E-state index in [4.69, 9.17) is 16.7 Å². The highest BCUT2D eigenvalue weighted by Crippen LogP contribution is 2.43. The van der Waals surface area contributed by atoms with Crippen LogP contribution >= 0.6 is 0 Å². The first kappa shape index (κ1) is 18.6. The molecule has 0 saturated carbocycles. The molecule has 1 aliphatic heterocycles. The van der Waals surface area contributed by atoms with Crippen LogP contribution in [0.2, 0.25) is 0 Å². The number of guanidine groups is 1. The number of nitrogens with one attached hydrogen (secondary N) is 2. The Labute approximate surface area is 156 Å². The van der Waals surface area contributed by atoms with Gasteiger partial charge < -0.3 is 21.5 Å². The van der Waals surface area contributed by atoms with Crippen molar-refractivity contribution in [3.05, 3.63) is 40.7 Å². The Kier molecular flexibility index (Phi) is 4.78. The van der Waals surface area contributed by atoms with E-state index in [1.165, 1.54) is 12.1 Å². The second-order valence-corrected chi connectivity index (χ2v) is 5.44. The summed E-state index contributed by atoms with van der Waals surface area (Å²) >= 11 is 0. The maximum Gasteiger partial charge on any atom is 0.387 e. The lowest BCUT2D eigenvalue weighted by Crippen LogP contribution is -2.33. The standard InChI is InChI=1S/C16H11F3N8O/c17-8-3-1-2-6(12(8)28-15(18)19)11-9-10(22)7(4-20)13(23)26-14(9)27-16(25-11)24-5-21/h1-3,11,15H,(H6,22,23,24,25,26,27). The highest BCUT2D eigenvalue weighted by atomic mass is 19.3. The van der Waals surface area contributed by atoms with Crippen LogP contribution in [0.4, 0.5) is 30.5 Å². The zero-order valence-electron chi connectivity index (χ0n) is 13.9. The summed E-state index contributed by atoms with van der Waals surface area (Å²) in [7, 11) is 0. The van der Waals surface area contributed by atoms with Crippen LogP contribution in [0.25, 0.3) is 0 Å². The van der Waals surface area contributed by atoms with Crippen LogP contribution in [-0.4, -0.2) is 17.6 Å². The molecule has 28 heavy (non-hydrogen) atoms. The summed E-state index contributed by atoms with van der Waals surface area (Å²) in [6.45, 7) is -3.30. The summed E-state index contributed by atoms with van der Waals surface area (Å²) in [5.41, 5.74) is 11.5. The van der Waals surface area contributed by atoms with E-state index in [0.717, 1.165) is 6.07 Å². The molecule has 1 aliphatic rings. The summed E-state index contributed by atoms with van der Waals surface area (Å²) in [4.78, 5) is 8.19. The van der Waals surface area contributed by atoms with Crippen LogP contribution in [0.3, 0.4) is 0 Å². The van der Waals surface area contributed by atoms with Crippen molar-refractivity contribution < 1.29 is 17.9 Å². The number of nitrogens with zero attached hydrogens (tertiary/aromatic N) is 4. The van der Waals surface area contributed by atoms with E-state index in [1.807, 2.05) is 0 Å². The number of nitrogens with two attached hydrogens (primary N) is 2. The van der Waals surface area contributed by atoms with Gasteiger partial charge in [0.2, 0.25) is 5.96 Å². The van der Waals surface area contributed by atoms with Gasteiger partial charge in [-0.25, -0.2) is 14.4 Å². The summed E-state index contributed by atoms with van der Waals surface area (Å²) in [6, 6.07) is 4.09. The summed E-state index contributed by atoms with van der Waals surface area (Å²) in [5, 5.41) is 23.0. The van der Waals surface area contributed by atoms with Gasteiger partial charge in [-0.2, -0.15) is 19.3 Å². The van der Waals surface area contributed by atoms with Crippen molar-refractivity contribution in [2.75, 3.05) is 16.8 Å². The molecule has 0 fully saturated rings. The van der Waals surface area contributed by atoms with E-state index in [1.54, 1.807) is 12.3 Å². The molecular formula is C16H11F3N8O. The van der Waals surface area contributed by atoms with Crippen molar-refractivity contribution >= 4 is 23.3 Å². The average Bonchev–Trinajstić information content (AvgIpc) is 2.63. The number of hydrogen-bond donors (Lipinski definition) is 4. The molecule has 0 bridgehead atoms. The van der Waals surface area contributed by atoms with Gasteiger partial charge in [0.25, 0.3) is 0 Å². The van der Waals surface area contributed by atoms with Crippen LogP contribution in [0, 0.1) is 28.6 Å². The van der Waals surface area contributed by atoms with Crippen molar-refractivity contribution in [2.24, 2.45) is 4.99 Å². The van der Waals surface area contributed by atoms with E-state index >= 15 is 0 Å². The number of alkyl halides is 2. The van der Waals surface area contributed by atoms with Gasteiger partial charge in [-0.15, -0.1) is 0 Å². The summed E-state index contributed by atoms with van der Waals surface area (Å²) in [5.74, 6) is -2.07. The maximum atomic E-state index is 14.2. The molecular weight excluding hydrogens is 377 g/mol. The van der Waals surface area contributed by atoms with E-state index in [2.05, 4.69) is 25.3 Å². The SMILES string of the molecule is N#CNC1=NC(c2cccc(F)c2OC(F)F)c2c(nc(N)c(C#N)c2N)N1. The van der Waals surface area contributed by atoms with E-state index in [9.17, 15) is 18.4 Å². The van der Waals surface area contributed by atoms with Gasteiger partial charge in [0.15, 0.2) is 17.8 Å². The topological polar surface area (TPSA) is 158 Å². The molecule has 1 atom stereocenters. The lowest BCUT2D eigenvalue weighted by Gasteiger charge is -2.27. The molecule has 1 aromatic heterocycles. The predicted octanol–water partition coefficient (Wildman–Crippen LogP) is 1.80. The number of nitriles is 2. The fraction of sp³-hybridized carbons (Fsp3) is 0.125. The van der Waals surface area contributed by atoms with Gasteiger partial charge in [-0.1, -0.05) is 12.1 Å². The molecule has 1 aromatic carbocycles. The second kappa shape index (κ2) is 7.20. The average molecular weight is 388 g/mol. The zero-order valence-corrected chi connectivity index (χ0v) is 13.9.